The van der Waals surface area contributed by atoms with E-state index in [2.05, 4.69) is 24.3 Å². The minimum absolute atomic E-state index is 0.0473. The number of ether oxygens (including phenoxy) is 1. The van der Waals surface area contributed by atoms with Gasteiger partial charge in [-0.2, -0.15) is 0 Å². The molecule has 0 radical (unpaired) electrons. The third-order valence-electron chi connectivity index (χ3n) is 5.91. The Morgan fingerprint density at radius 3 is 2.00 bits per heavy atom. The Morgan fingerprint density at radius 2 is 1.29 bits per heavy atom. The van der Waals surface area contributed by atoms with E-state index in [1.54, 1.807) is 6.07 Å². The van der Waals surface area contributed by atoms with Crippen molar-refractivity contribution in [2.75, 3.05) is 0 Å². The summed E-state index contributed by atoms with van der Waals surface area (Å²) in [6.07, 6.45) is 4.03. The van der Waals surface area contributed by atoms with E-state index in [-0.39, 0.29) is 5.43 Å². The van der Waals surface area contributed by atoms with Crippen LogP contribution in [0.15, 0.2) is 112 Å². The predicted molar refractivity (Wildman–Crippen MR) is 123 cm³/mol. The summed E-state index contributed by atoms with van der Waals surface area (Å²) in [5.41, 5.74) is 3.11. The van der Waals surface area contributed by atoms with Crippen LogP contribution in [-0.2, 0) is 5.60 Å². The first kappa shape index (κ1) is 17.7. The topological polar surface area (TPSA) is 39.4 Å². The highest BCUT2D eigenvalue weighted by molar-refractivity contribution is 5.96. The predicted octanol–water partition coefficient (Wildman–Crippen LogP) is 6.30. The lowest BCUT2D eigenvalue weighted by Gasteiger charge is -2.36. The van der Waals surface area contributed by atoms with Gasteiger partial charge in [0.15, 0.2) is 5.60 Å². The number of hydrogen-bond acceptors (Lipinski definition) is 3. The van der Waals surface area contributed by atoms with Crippen molar-refractivity contribution in [3.63, 3.8) is 0 Å². The zero-order valence-corrected chi connectivity index (χ0v) is 16.6. The molecule has 0 unspecified atom stereocenters. The lowest BCUT2D eigenvalue weighted by Crippen LogP contribution is -2.34. The monoisotopic (exact) mass is 402 g/mol. The molecule has 31 heavy (non-hydrogen) atoms. The van der Waals surface area contributed by atoms with E-state index < -0.39 is 5.60 Å². The summed E-state index contributed by atoms with van der Waals surface area (Å²) >= 11 is 0. The average Bonchev–Trinajstić information content (AvgIpc) is 2.84. The number of hydrogen-bond donors (Lipinski definition) is 0. The van der Waals surface area contributed by atoms with Gasteiger partial charge in [-0.15, -0.1) is 0 Å². The molecule has 0 fully saturated rings. The average molecular weight is 402 g/mol. The number of para-hydroxylation sites is 1. The molecule has 0 saturated heterocycles. The number of fused-ring (bicyclic) bond motifs is 4. The van der Waals surface area contributed by atoms with E-state index in [0.29, 0.717) is 27.7 Å². The summed E-state index contributed by atoms with van der Waals surface area (Å²) in [4.78, 5) is 13.3. The van der Waals surface area contributed by atoms with Gasteiger partial charge in [0.2, 0.25) is 5.43 Å². The van der Waals surface area contributed by atoms with Crippen LogP contribution in [-0.4, -0.2) is 0 Å². The molecule has 3 heteroatoms. The van der Waals surface area contributed by atoms with Crippen LogP contribution in [0.2, 0.25) is 0 Å². The molecule has 3 nitrogen and oxygen atoms in total. The molecule has 6 rings (SSSR count). The van der Waals surface area contributed by atoms with Crippen molar-refractivity contribution in [1.82, 2.24) is 0 Å². The van der Waals surface area contributed by atoms with Gasteiger partial charge in [-0.3, -0.25) is 4.79 Å². The van der Waals surface area contributed by atoms with E-state index >= 15 is 0 Å². The second-order valence-electron chi connectivity index (χ2n) is 7.68. The van der Waals surface area contributed by atoms with Crippen molar-refractivity contribution >= 4 is 28.0 Å². The Bertz CT molecular complexity index is 1470. The van der Waals surface area contributed by atoms with E-state index in [9.17, 15) is 4.79 Å². The molecule has 0 N–H and O–H groups in total. The van der Waals surface area contributed by atoms with Gasteiger partial charge in [0.05, 0.1) is 10.8 Å². The van der Waals surface area contributed by atoms with Gasteiger partial charge in [-0.1, -0.05) is 72.8 Å². The highest BCUT2D eigenvalue weighted by Gasteiger charge is 2.37. The van der Waals surface area contributed by atoms with Gasteiger partial charge in [-0.25, -0.2) is 0 Å². The van der Waals surface area contributed by atoms with Gasteiger partial charge in [0, 0.05) is 16.7 Å². The first-order valence-corrected chi connectivity index (χ1v) is 10.2. The summed E-state index contributed by atoms with van der Waals surface area (Å²) in [5.74, 6) is 0.658. The standard InChI is InChI=1S/C28H18O3/c29-27-22-13-7-8-14-23(22)30-25-16-15-24-21(26(25)27)17-18-28(31-24,19-9-3-1-4-10-19)20-11-5-2-6-12-20/h1-18H. The lowest BCUT2D eigenvalue weighted by atomic mass is 9.83. The van der Waals surface area contributed by atoms with Crippen molar-refractivity contribution in [3.8, 4) is 5.75 Å². The molecule has 1 aromatic heterocycles. The second-order valence-corrected chi connectivity index (χ2v) is 7.68. The zero-order valence-electron chi connectivity index (χ0n) is 16.6. The first-order valence-electron chi connectivity index (χ1n) is 10.2. The molecule has 0 bridgehead atoms. The van der Waals surface area contributed by atoms with Crippen LogP contribution in [0.25, 0.3) is 28.0 Å². The van der Waals surface area contributed by atoms with Crippen LogP contribution < -0.4 is 10.2 Å². The quantitative estimate of drug-likeness (QED) is 0.326. The summed E-state index contributed by atoms with van der Waals surface area (Å²) in [6, 6.07) is 31.3. The zero-order chi connectivity index (χ0) is 20.8. The Morgan fingerprint density at radius 1 is 0.645 bits per heavy atom. The Hall–Kier alpha value is -4.11. The van der Waals surface area contributed by atoms with Crippen molar-refractivity contribution in [2.45, 2.75) is 5.60 Å². The fraction of sp³-hybridized carbons (Fsp3) is 0.0357. The highest BCUT2D eigenvalue weighted by Crippen LogP contribution is 2.43. The third-order valence-corrected chi connectivity index (χ3v) is 5.91. The molecule has 4 aromatic carbocycles. The van der Waals surface area contributed by atoms with Crippen molar-refractivity contribution in [2.24, 2.45) is 0 Å². The van der Waals surface area contributed by atoms with Crippen molar-refractivity contribution in [1.29, 1.82) is 0 Å². The maximum atomic E-state index is 13.3. The fourth-order valence-corrected chi connectivity index (χ4v) is 4.41. The Kier molecular flexibility index (Phi) is 3.84. The van der Waals surface area contributed by atoms with Crippen LogP contribution in [0.4, 0.5) is 0 Å². The molecule has 1 aliphatic heterocycles. The molecule has 0 aliphatic carbocycles. The van der Waals surface area contributed by atoms with Crippen LogP contribution in [0, 0.1) is 0 Å². The van der Waals surface area contributed by atoms with Crippen molar-refractivity contribution in [3.05, 3.63) is 130 Å². The number of benzene rings is 4. The molecule has 1 aliphatic rings. The van der Waals surface area contributed by atoms with Gasteiger partial charge in [0.1, 0.15) is 16.9 Å². The van der Waals surface area contributed by atoms with E-state index in [4.69, 9.17) is 9.15 Å². The molecule has 0 amide bonds. The molecular formula is C28H18O3. The fourth-order valence-electron chi connectivity index (χ4n) is 4.41. The molecule has 2 heterocycles. The summed E-state index contributed by atoms with van der Waals surface area (Å²) in [7, 11) is 0. The Balaban J connectivity index is 1.63. The Labute approximate surface area is 178 Å². The highest BCUT2D eigenvalue weighted by atomic mass is 16.5. The lowest BCUT2D eigenvalue weighted by molar-refractivity contribution is 0.161. The molecule has 0 atom stereocenters. The minimum atomic E-state index is -0.778. The van der Waals surface area contributed by atoms with Crippen LogP contribution in [0.3, 0.4) is 0 Å². The smallest absolute Gasteiger partial charge is 0.201 e. The van der Waals surface area contributed by atoms with Gasteiger partial charge < -0.3 is 9.15 Å². The first-order chi connectivity index (χ1) is 15.3. The third kappa shape index (κ3) is 2.63. The van der Waals surface area contributed by atoms with E-state index in [1.807, 2.05) is 78.9 Å². The summed E-state index contributed by atoms with van der Waals surface area (Å²) in [6.45, 7) is 0. The molecule has 0 spiro atoms. The normalized spacial score (nSPS) is 14.3. The summed E-state index contributed by atoms with van der Waals surface area (Å²) in [5, 5.41) is 1.11. The number of rotatable bonds is 2. The van der Waals surface area contributed by atoms with E-state index in [1.165, 1.54) is 0 Å². The second kappa shape index (κ2) is 6.71. The molecule has 5 aromatic rings. The van der Waals surface area contributed by atoms with Crippen LogP contribution in [0.1, 0.15) is 16.7 Å². The maximum Gasteiger partial charge on any atom is 0.201 e. The van der Waals surface area contributed by atoms with Crippen molar-refractivity contribution < 1.29 is 9.15 Å². The van der Waals surface area contributed by atoms with Gasteiger partial charge in [-0.05, 0) is 36.4 Å². The molecule has 0 saturated carbocycles. The summed E-state index contributed by atoms with van der Waals surface area (Å²) < 4.78 is 12.7. The molecule has 148 valence electrons. The van der Waals surface area contributed by atoms with Gasteiger partial charge in [0.25, 0.3) is 0 Å². The van der Waals surface area contributed by atoms with Crippen LogP contribution >= 0.6 is 0 Å². The van der Waals surface area contributed by atoms with Gasteiger partial charge >= 0.3 is 0 Å². The maximum absolute atomic E-state index is 13.3. The molecular weight excluding hydrogens is 384 g/mol. The van der Waals surface area contributed by atoms with Crippen LogP contribution in [0.5, 0.6) is 5.75 Å². The minimum Gasteiger partial charge on any atom is -0.473 e. The van der Waals surface area contributed by atoms with E-state index in [0.717, 1.165) is 16.7 Å². The SMILES string of the molecule is O=c1c2ccccc2oc2ccc3c(c12)C=CC(c1ccccc1)(c1ccccc1)O3. The largest absolute Gasteiger partial charge is 0.473 e.